The van der Waals surface area contributed by atoms with Gasteiger partial charge >= 0.3 is 5.97 Å². The van der Waals surface area contributed by atoms with Gasteiger partial charge in [-0.3, -0.25) is 14.4 Å². The quantitative estimate of drug-likeness (QED) is 0.158. The minimum atomic E-state index is -1.12. The fraction of sp³-hybridized carbons (Fsp3) is 0.800. The molecule has 0 aliphatic heterocycles. The molecule has 1 unspecified atom stereocenters. The number of hydrogen-bond donors (Lipinski definition) is 4. The first-order valence-electron chi connectivity index (χ1n) is 10.7. The summed E-state index contributed by atoms with van der Waals surface area (Å²) < 4.78 is 20.7. The van der Waals surface area contributed by atoms with E-state index in [0.29, 0.717) is 45.8 Å². The SMILES string of the molecule is CCOCCOCC(=O)NCCOCCOCC(=O)NC(CCCCNC(C)=O)C(=O)O. The standard InChI is InChI=1S/C20H37N3O9/c1-3-29-10-12-31-14-18(25)22-8-9-30-11-13-32-15-19(26)23-17(20(27)28)6-4-5-7-21-16(2)24/h17H,3-15H2,1-2H3,(H,21,24)(H,22,25)(H,23,26)(H,27,28). The first-order valence-corrected chi connectivity index (χ1v) is 10.7. The number of unbranched alkanes of at least 4 members (excludes halogenated alkanes) is 1. The molecule has 12 heteroatoms. The third-order valence-electron chi connectivity index (χ3n) is 3.91. The van der Waals surface area contributed by atoms with Crippen molar-refractivity contribution in [1.29, 1.82) is 0 Å². The highest BCUT2D eigenvalue weighted by Crippen LogP contribution is 2.01. The largest absolute Gasteiger partial charge is 0.480 e. The van der Waals surface area contributed by atoms with Crippen LogP contribution >= 0.6 is 0 Å². The molecule has 0 fully saturated rings. The molecule has 1 atom stereocenters. The Morgan fingerprint density at radius 3 is 2.03 bits per heavy atom. The van der Waals surface area contributed by atoms with Gasteiger partial charge < -0.3 is 40.0 Å². The highest BCUT2D eigenvalue weighted by Gasteiger charge is 2.19. The van der Waals surface area contributed by atoms with Crippen molar-refractivity contribution in [2.24, 2.45) is 0 Å². The Bertz CT molecular complexity index is 546. The molecule has 0 aromatic carbocycles. The minimum Gasteiger partial charge on any atom is -0.480 e. The van der Waals surface area contributed by atoms with Gasteiger partial charge in [0.05, 0.1) is 33.0 Å². The monoisotopic (exact) mass is 463 g/mol. The molecule has 0 aliphatic carbocycles. The lowest BCUT2D eigenvalue weighted by Crippen LogP contribution is -2.42. The molecular formula is C20H37N3O9. The van der Waals surface area contributed by atoms with E-state index in [1.807, 2.05) is 6.92 Å². The van der Waals surface area contributed by atoms with Crippen LogP contribution in [0.3, 0.4) is 0 Å². The van der Waals surface area contributed by atoms with Gasteiger partial charge in [0.1, 0.15) is 19.3 Å². The second kappa shape index (κ2) is 20.6. The Morgan fingerprint density at radius 1 is 0.781 bits per heavy atom. The smallest absolute Gasteiger partial charge is 0.326 e. The summed E-state index contributed by atoms with van der Waals surface area (Å²) in [5.74, 6) is -2.04. The first kappa shape index (κ1) is 29.7. The fourth-order valence-corrected chi connectivity index (χ4v) is 2.36. The molecule has 0 aliphatic rings. The molecule has 0 saturated carbocycles. The molecule has 0 rings (SSSR count). The van der Waals surface area contributed by atoms with Crippen molar-refractivity contribution in [3.8, 4) is 0 Å². The lowest BCUT2D eigenvalue weighted by molar-refractivity contribution is -0.142. The number of hydrogen-bond acceptors (Lipinski definition) is 8. The molecule has 0 spiro atoms. The molecule has 0 saturated heterocycles. The van der Waals surface area contributed by atoms with Gasteiger partial charge in [0, 0.05) is 26.6 Å². The summed E-state index contributed by atoms with van der Waals surface area (Å²) in [6.07, 6.45) is 1.42. The Balaban J connectivity index is 3.66. The van der Waals surface area contributed by atoms with E-state index in [4.69, 9.17) is 18.9 Å². The van der Waals surface area contributed by atoms with Crippen LogP contribution in [-0.4, -0.2) is 101 Å². The van der Waals surface area contributed by atoms with Crippen molar-refractivity contribution in [2.75, 3.05) is 65.9 Å². The van der Waals surface area contributed by atoms with Gasteiger partial charge in [0.25, 0.3) is 0 Å². The average molecular weight is 464 g/mol. The number of rotatable bonds is 21. The van der Waals surface area contributed by atoms with Crippen LogP contribution in [0.2, 0.25) is 0 Å². The fourth-order valence-electron chi connectivity index (χ4n) is 2.36. The topological polar surface area (TPSA) is 162 Å². The van der Waals surface area contributed by atoms with Crippen LogP contribution in [0.15, 0.2) is 0 Å². The second-order valence-corrected chi connectivity index (χ2v) is 6.70. The summed E-state index contributed by atoms with van der Waals surface area (Å²) >= 11 is 0. The van der Waals surface area contributed by atoms with Crippen molar-refractivity contribution in [1.82, 2.24) is 16.0 Å². The maximum atomic E-state index is 11.8. The second-order valence-electron chi connectivity index (χ2n) is 6.70. The van der Waals surface area contributed by atoms with Crippen molar-refractivity contribution < 1.29 is 43.2 Å². The van der Waals surface area contributed by atoms with Gasteiger partial charge in [0.2, 0.25) is 17.7 Å². The van der Waals surface area contributed by atoms with E-state index >= 15 is 0 Å². The molecule has 0 radical (unpaired) electrons. The molecule has 0 heterocycles. The number of ether oxygens (including phenoxy) is 4. The molecule has 4 N–H and O–H groups in total. The van der Waals surface area contributed by atoms with Gasteiger partial charge in [-0.2, -0.15) is 0 Å². The number of amides is 3. The number of nitrogens with one attached hydrogen (secondary N) is 3. The lowest BCUT2D eigenvalue weighted by Gasteiger charge is -2.14. The molecule has 32 heavy (non-hydrogen) atoms. The van der Waals surface area contributed by atoms with E-state index in [2.05, 4.69) is 16.0 Å². The van der Waals surface area contributed by atoms with Crippen LogP contribution in [-0.2, 0) is 38.1 Å². The van der Waals surface area contributed by atoms with E-state index in [-0.39, 0.29) is 51.3 Å². The molecule has 0 aromatic rings. The maximum Gasteiger partial charge on any atom is 0.326 e. The Labute approximate surface area is 188 Å². The molecule has 0 aromatic heterocycles. The predicted octanol–water partition coefficient (Wildman–Crippen LogP) is -0.935. The number of carbonyl (C=O) groups is 4. The zero-order valence-electron chi connectivity index (χ0n) is 19.0. The summed E-state index contributed by atoms with van der Waals surface area (Å²) in [5.41, 5.74) is 0. The zero-order valence-corrected chi connectivity index (χ0v) is 19.0. The van der Waals surface area contributed by atoms with Crippen LogP contribution in [0.5, 0.6) is 0 Å². The van der Waals surface area contributed by atoms with E-state index in [1.165, 1.54) is 6.92 Å². The number of aliphatic carboxylic acids is 1. The Morgan fingerprint density at radius 2 is 1.41 bits per heavy atom. The summed E-state index contributed by atoms with van der Waals surface area (Å²) in [6.45, 7) is 5.79. The van der Waals surface area contributed by atoms with Crippen molar-refractivity contribution in [2.45, 2.75) is 39.2 Å². The van der Waals surface area contributed by atoms with E-state index in [0.717, 1.165) is 0 Å². The predicted molar refractivity (Wildman–Crippen MR) is 114 cm³/mol. The van der Waals surface area contributed by atoms with Crippen LogP contribution in [0.4, 0.5) is 0 Å². The van der Waals surface area contributed by atoms with Crippen molar-refractivity contribution in [3.05, 3.63) is 0 Å². The van der Waals surface area contributed by atoms with Gasteiger partial charge in [-0.25, -0.2) is 4.79 Å². The molecule has 3 amide bonds. The van der Waals surface area contributed by atoms with E-state index in [9.17, 15) is 24.3 Å². The summed E-state index contributed by atoms with van der Waals surface area (Å²) in [5, 5.41) is 16.9. The van der Waals surface area contributed by atoms with Gasteiger partial charge in [-0.1, -0.05) is 0 Å². The highest BCUT2D eigenvalue weighted by molar-refractivity contribution is 5.84. The van der Waals surface area contributed by atoms with Crippen LogP contribution in [0.1, 0.15) is 33.1 Å². The maximum absolute atomic E-state index is 11.8. The number of carboxylic acid groups (broad SMARTS) is 1. The van der Waals surface area contributed by atoms with E-state index < -0.39 is 17.9 Å². The van der Waals surface area contributed by atoms with Gasteiger partial charge in [0.15, 0.2) is 0 Å². The summed E-state index contributed by atoms with van der Waals surface area (Å²) in [6, 6.07) is -1.01. The van der Waals surface area contributed by atoms with Crippen molar-refractivity contribution >= 4 is 23.7 Å². The first-order chi connectivity index (χ1) is 15.4. The molecule has 186 valence electrons. The molecular weight excluding hydrogens is 426 g/mol. The summed E-state index contributed by atoms with van der Waals surface area (Å²) in [4.78, 5) is 45.3. The average Bonchev–Trinajstić information content (AvgIpc) is 2.74. The van der Waals surface area contributed by atoms with Crippen molar-refractivity contribution in [3.63, 3.8) is 0 Å². The molecule has 0 bridgehead atoms. The summed E-state index contributed by atoms with van der Waals surface area (Å²) in [7, 11) is 0. The van der Waals surface area contributed by atoms with Crippen LogP contribution in [0.25, 0.3) is 0 Å². The molecule has 12 nitrogen and oxygen atoms in total. The lowest BCUT2D eigenvalue weighted by atomic mass is 10.1. The highest BCUT2D eigenvalue weighted by atomic mass is 16.5. The minimum absolute atomic E-state index is 0.0437. The van der Waals surface area contributed by atoms with Crippen LogP contribution in [0, 0.1) is 0 Å². The third kappa shape index (κ3) is 19.7. The normalized spacial score (nSPS) is 11.6. The van der Waals surface area contributed by atoms with Gasteiger partial charge in [-0.15, -0.1) is 0 Å². The van der Waals surface area contributed by atoms with E-state index in [1.54, 1.807) is 0 Å². The Kier molecular flexibility index (Phi) is 19.1. The third-order valence-corrected chi connectivity index (χ3v) is 3.91. The van der Waals surface area contributed by atoms with Gasteiger partial charge in [-0.05, 0) is 26.2 Å². The number of carbonyl (C=O) groups excluding carboxylic acids is 3. The Hall–Kier alpha value is -2.28. The number of carboxylic acids is 1. The zero-order chi connectivity index (χ0) is 24.0. The van der Waals surface area contributed by atoms with Crippen LogP contribution < -0.4 is 16.0 Å².